The van der Waals surface area contributed by atoms with Crippen molar-refractivity contribution in [3.05, 3.63) is 42.5 Å². The van der Waals surface area contributed by atoms with E-state index < -0.39 is 0 Å². The number of nitrogens with zero attached hydrogens (tertiary/aromatic N) is 5. The molecule has 3 heterocycles. The van der Waals surface area contributed by atoms with Crippen LogP contribution < -0.4 is 5.73 Å². The molecule has 0 aromatic carbocycles. The van der Waals surface area contributed by atoms with Crippen molar-refractivity contribution in [2.45, 2.75) is 20.4 Å². The third-order valence-corrected chi connectivity index (χ3v) is 3.11. The van der Waals surface area contributed by atoms with Gasteiger partial charge in [0, 0.05) is 24.5 Å². The van der Waals surface area contributed by atoms with Crippen LogP contribution in [0.25, 0.3) is 17.1 Å². The highest BCUT2D eigenvalue weighted by atomic mass is 15.3. The Morgan fingerprint density at radius 3 is 2.85 bits per heavy atom. The maximum absolute atomic E-state index is 6.05. The summed E-state index contributed by atoms with van der Waals surface area (Å²) in [4.78, 5) is 4.30. The summed E-state index contributed by atoms with van der Waals surface area (Å²) in [5, 5.41) is 8.76. The fourth-order valence-electron chi connectivity index (χ4n) is 2.03. The van der Waals surface area contributed by atoms with Crippen LogP contribution in [0.2, 0.25) is 0 Å². The van der Waals surface area contributed by atoms with E-state index >= 15 is 0 Å². The van der Waals surface area contributed by atoms with Gasteiger partial charge in [0.25, 0.3) is 0 Å². The van der Waals surface area contributed by atoms with Gasteiger partial charge in [0.15, 0.2) is 5.82 Å². The van der Waals surface area contributed by atoms with Crippen LogP contribution in [0.4, 0.5) is 5.69 Å². The van der Waals surface area contributed by atoms with Crippen molar-refractivity contribution < 1.29 is 0 Å². The van der Waals surface area contributed by atoms with Crippen molar-refractivity contribution in [2.24, 2.45) is 0 Å². The van der Waals surface area contributed by atoms with E-state index in [4.69, 9.17) is 5.73 Å². The summed E-state index contributed by atoms with van der Waals surface area (Å²) in [6.45, 7) is 4.87. The number of nitrogens with two attached hydrogens (primary N) is 1. The van der Waals surface area contributed by atoms with Gasteiger partial charge in [0.05, 0.1) is 18.1 Å². The minimum atomic E-state index is 0.615. The molecular formula is C14H16N6. The molecule has 0 aliphatic carbocycles. The molecule has 0 radical (unpaired) electrons. The molecule has 0 saturated carbocycles. The highest BCUT2D eigenvalue weighted by Gasteiger charge is 2.12. The Labute approximate surface area is 116 Å². The van der Waals surface area contributed by atoms with E-state index in [1.165, 1.54) is 0 Å². The molecule has 0 aliphatic rings. The van der Waals surface area contributed by atoms with Gasteiger partial charge in [-0.25, -0.2) is 9.67 Å². The summed E-state index contributed by atoms with van der Waals surface area (Å²) in [5.41, 5.74) is 9.44. The van der Waals surface area contributed by atoms with Gasteiger partial charge < -0.3 is 5.73 Å². The van der Waals surface area contributed by atoms with Crippen molar-refractivity contribution in [1.29, 1.82) is 0 Å². The summed E-state index contributed by atoms with van der Waals surface area (Å²) < 4.78 is 3.54. The molecule has 2 N–H and O–H groups in total. The first kappa shape index (κ1) is 12.4. The second kappa shape index (κ2) is 4.80. The van der Waals surface area contributed by atoms with Crippen LogP contribution in [0.5, 0.6) is 0 Å². The molecule has 3 aromatic rings. The number of aryl methyl sites for hydroxylation is 2. The molecule has 6 nitrogen and oxygen atoms in total. The highest BCUT2D eigenvalue weighted by molar-refractivity contribution is 5.71. The number of hydrogen-bond donors (Lipinski definition) is 1. The lowest BCUT2D eigenvalue weighted by atomic mass is 10.2. The second-order valence-corrected chi connectivity index (χ2v) is 4.65. The van der Waals surface area contributed by atoms with Crippen LogP contribution in [0.1, 0.15) is 12.5 Å². The molecule has 3 aromatic heterocycles. The summed E-state index contributed by atoms with van der Waals surface area (Å²) in [6, 6.07) is 3.91. The zero-order valence-corrected chi connectivity index (χ0v) is 11.5. The minimum Gasteiger partial charge on any atom is -0.396 e. The number of nitrogen functional groups attached to an aromatic ring is 1. The lowest BCUT2D eigenvalue weighted by molar-refractivity contribution is 0.660. The van der Waals surface area contributed by atoms with E-state index in [9.17, 15) is 0 Å². The second-order valence-electron chi connectivity index (χ2n) is 4.65. The molecular weight excluding hydrogens is 252 g/mol. The molecule has 20 heavy (non-hydrogen) atoms. The summed E-state index contributed by atoms with van der Waals surface area (Å²) >= 11 is 0. The van der Waals surface area contributed by atoms with Crippen molar-refractivity contribution in [3.8, 4) is 17.1 Å². The van der Waals surface area contributed by atoms with Gasteiger partial charge in [-0.05, 0) is 31.5 Å². The van der Waals surface area contributed by atoms with Gasteiger partial charge >= 0.3 is 0 Å². The molecule has 0 fully saturated rings. The van der Waals surface area contributed by atoms with Crippen LogP contribution >= 0.6 is 0 Å². The largest absolute Gasteiger partial charge is 0.396 e. The van der Waals surface area contributed by atoms with Crippen LogP contribution in [0.3, 0.4) is 0 Å². The van der Waals surface area contributed by atoms with E-state index in [1.54, 1.807) is 23.3 Å². The number of pyridine rings is 1. The quantitative estimate of drug-likeness (QED) is 0.788. The number of rotatable bonds is 3. The fraction of sp³-hybridized carbons (Fsp3) is 0.214. The van der Waals surface area contributed by atoms with E-state index in [0.717, 1.165) is 29.2 Å². The Kier molecular flexibility index (Phi) is 2.98. The number of anilines is 1. The van der Waals surface area contributed by atoms with Gasteiger partial charge in [-0.15, -0.1) is 0 Å². The van der Waals surface area contributed by atoms with Gasteiger partial charge in [-0.2, -0.15) is 10.2 Å². The van der Waals surface area contributed by atoms with E-state index in [2.05, 4.69) is 15.2 Å². The predicted molar refractivity (Wildman–Crippen MR) is 77.4 cm³/mol. The normalized spacial score (nSPS) is 10.9. The first-order valence-electron chi connectivity index (χ1n) is 6.48. The maximum Gasteiger partial charge on any atom is 0.153 e. The molecule has 3 rings (SSSR count). The Bertz CT molecular complexity index is 740. The van der Waals surface area contributed by atoms with Crippen LogP contribution in [-0.4, -0.2) is 24.5 Å². The first-order valence-corrected chi connectivity index (χ1v) is 6.48. The molecule has 0 saturated heterocycles. The minimum absolute atomic E-state index is 0.615. The van der Waals surface area contributed by atoms with Crippen LogP contribution in [-0.2, 0) is 6.54 Å². The van der Waals surface area contributed by atoms with Crippen molar-refractivity contribution >= 4 is 5.69 Å². The molecule has 0 aliphatic heterocycles. The summed E-state index contributed by atoms with van der Waals surface area (Å²) in [5.74, 6) is 0.755. The number of aromatic nitrogens is 5. The molecule has 102 valence electrons. The van der Waals surface area contributed by atoms with Gasteiger partial charge in [-0.1, -0.05) is 0 Å². The van der Waals surface area contributed by atoms with Gasteiger partial charge in [0.1, 0.15) is 5.69 Å². The highest BCUT2D eigenvalue weighted by Crippen LogP contribution is 2.24. The Hall–Kier alpha value is -2.63. The number of hydrogen-bond acceptors (Lipinski definition) is 4. The van der Waals surface area contributed by atoms with E-state index in [-0.39, 0.29) is 0 Å². The fourth-order valence-corrected chi connectivity index (χ4v) is 2.03. The molecule has 0 unspecified atom stereocenters. The monoisotopic (exact) mass is 268 g/mol. The zero-order valence-electron chi connectivity index (χ0n) is 11.5. The van der Waals surface area contributed by atoms with Gasteiger partial charge in [-0.3, -0.25) is 4.68 Å². The van der Waals surface area contributed by atoms with Crippen LogP contribution in [0.15, 0.2) is 36.9 Å². The summed E-state index contributed by atoms with van der Waals surface area (Å²) in [6.07, 6.45) is 7.25. The van der Waals surface area contributed by atoms with Crippen molar-refractivity contribution in [2.75, 3.05) is 5.73 Å². The van der Waals surface area contributed by atoms with Crippen molar-refractivity contribution in [1.82, 2.24) is 24.5 Å². The Morgan fingerprint density at radius 1 is 1.30 bits per heavy atom. The third kappa shape index (κ3) is 2.16. The van der Waals surface area contributed by atoms with E-state index in [1.807, 2.05) is 36.9 Å². The average molecular weight is 268 g/mol. The SMILES string of the molecule is CCn1cc(-c2nn(-c3cc(C)ccn3)cc2N)cn1. The Morgan fingerprint density at radius 2 is 2.15 bits per heavy atom. The van der Waals surface area contributed by atoms with Gasteiger partial charge in [0.2, 0.25) is 0 Å². The zero-order chi connectivity index (χ0) is 14.1. The molecule has 0 amide bonds. The lowest BCUT2D eigenvalue weighted by Gasteiger charge is -2.00. The van der Waals surface area contributed by atoms with Crippen molar-refractivity contribution in [3.63, 3.8) is 0 Å². The summed E-state index contributed by atoms with van der Waals surface area (Å²) in [7, 11) is 0. The van der Waals surface area contributed by atoms with Crippen LogP contribution in [0, 0.1) is 6.92 Å². The topological polar surface area (TPSA) is 74.5 Å². The Balaban J connectivity index is 2.02. The molecule has 0 bridgehead atoms. The third-order valence-electron chi connectivity index (χ3n) is 3.11. The molecule has 0 spiro atoms. The first-order chi connectivity index (χ1) is 9.67. The molecule has 0 atom stereocenters. The average Bonchev–Trinajstić information content (AvgIpc) is 3.04. The van der Waals surface area contributed by atoms with E-state index in [0.29, 0.717) is 5.69 Å². The lowest BCUT2D eigenvalue weighted by Crippen LogP contribution is -1.98. The standard InChI is InChI=1S/C14H16N6/c1-3-19-8-11(7-17-19)14-12(15)9-20(18-14)13-6-10(2)4-5-16-13/h4-9H,3,15H2,1-2H3. The molecule has 6 heteroatoms. The maximum atomic E-state index is 6.05. The predicted octanol–water partition coefficient (Wildman–Crippen LogP) is 2.04. The smallest absolute Gasteiger partial charge is 0.153 e.